The molecule has 0 bridgehead atoms. The van der Waals surface area contributed by atoms with Gasteiger partial charge in [-0.2, -0.15) is 0 Å². The van der Waals surface area contributed by atoms with E-state index in [0.29, 0.717) is 17.5 Å². The molecule has 0 aliphatic carbocycles. The second-order valence-corrected chi connectivity index (χ2v) is 14.0. The van der Waals surface area contributed by atoms with Crippen LogP contribution in [-0.4, -0.2) is 15.0 Å². The minimum absolute atomic E-state index is 0.588. The highest BCUT2D eigenvalue weighted by atomic mass is 16.3. The summed E-state index contributed by atoms with van der Waals surface area (Å²) in [5.74, 6) is 1.82. The summed E-state index contributed by atoms with van der Waals surface area (Å²) < 4.78 is 6.68. The summed E-state index contributed by atoms with van der Waals surface area (Å²) in [5, 5.41) is 9.11. The van der Waals surface area contributed by atoms with Crippen LogP contribution in [0, 0.1) is 0 Å². The van der Waals surface area contributed by atoms with Crippen LogP contribution in [0.25, 0.3) is 111 Å². The first-order valence-electron chi connectivity index (χ1n) is 18.5. The van der Waals surface area contributed by atoms with Crippen LogP contribution in [0.4, 0.5) is 0 Å². The maximum Gasteiger partial charge on any atom is 0.164 e. The summed E-state index contributed by atoms with van der Waals surface area (Å²) in [4.78, 5) is 15.4. The first-order chi connectivity index (χ1) is 27.2. The van der Waals surface area contributed by atoms with E-state index in [2.05, 4.69) is 176 Å². The first-order valence-corrected chi connectivity index (χ1v) is 18.5. The van der Waals surface area contributed by atoms with Crippen molar-refractivity contribution in [2.24, 2.45) is 0 Å². The van der Waals surface area contributed by atoms with E-state index in [1.165, 1.54) is 27.3 Å². The lowest BCUT2D eigenvalue weighted by Crippen LogP contribution is -2.00. The Balaban J connectivity index is 1.07. The van der Waals surface area contributed by atoms with Crippen LogP contribution in [0.2, 0.25) is 0 Å². The third-order valence-corrected chi connectivity index (χ3v) is 10.7. The van der Waals surface area contributed by atoms with E-state index in [1.807, 2.05) is 12.1 Å². The highest BCUT2D eigenvalue weighted by Gasteiger charge is 2.18. The molecule has 0 fully saturated rings. The van der Waals surface area contributed by atoms with Crippen LogP contribution < -0.4 is 0 Å². The van der Waals surface area contributed by atoms with Gasteiger partial charge in [0.25, 0.3) is 0 Å². The lowest BCUT2D eigenvalue weighted by molar-refractivity contribution is 0.669. The molecule has 256 valence electrons. The molecule has 2 heterocycles. The van der Waals surface area contributed by atoms with Crippen molar-refractivity contribution in [1.29, 1.82) is 0 Å². The SMILES string of the molecule is c1ccc(-c2ccc3cc(-c4nc(-c5ccc6ccccc6c5)nc(-c5ccc6c(c5)oc5cc(-c7ccccc7)c7ccccc7c56)n4)ccc3c2)cc1. The third kappa shape index (κ3) is 5.43. The monoisotopic (exact) mass is 701 g/mol. The van der Waals surface area contributed by atoms with Gasteiger partial charge in [0.1, 0.15) is 11.2 Å². The molecule has 11 aromatic rings. The zero-order valence-electron chi connectivity index (χ0n) is 29.6. The minimum atomic E-state index is 0.588. The lowest BCUT2D eigenvalue weighted by atomic mass is 9.95. The molecule has 4 heteroatoms. The molecule has 4 nitrogen and oxygen atoms in total. The Morgan fingerprint density at radius 1 is 0.291 bits per heavy atom. The van der Waals surface area contributed by atoms with E-state index in [4.69, 9.17) is 19.4 Å². The molecule has 0 N–H and O–H groups in total. The van der Waals surface area contributed by atoms with Gasteiger partial charge >= 0.3 is 0 Å². The van der Waals surface area contributed by atoms with Crippen molar-refractivity contribution in [1.82, 2.24) is 15.0 Å². The molecule has 11 rings (SSSR count). The van der Waals surface area contributed by atoms with Crippen molar-refractivity contribution < 1.29 is 4.42 Å². The topological polar surface area (TPSA) is 51.8 Å². The van der Waals surface area contributed by atoms with E-state index >= 15 is 0 Å². The van der Waals surface area contributed by atoms with Gasteiger partial charge in [-0.15, -0.1) is 0 Å². The standard InChI is InChI=1S/C51H31N3O/c1-3-11-32(12-4-1)36-20-21-38-29-40(24-22-37(38)27-36)50-52-49(39-23-19-33-13-7-8-16-35(33)28-39)53-51(54-50)41-25-26-44-46(30-41)55-47-31-45(34-14-5-2-6-15-34)42-17-9-10-18-43(42)48(44)47/h1-31H. The van der Waals surface area contributed by atoms with Gasteiger partial charge in [0, 0.05) is 27.5 Å². The van der Waals surface area contributed by atoms with Crippen molar-refractivity contribution >= 4 is 54.3 Å². The van der Waals surface area contributed by atoms with E-state index < -0.39 is 0 Å². The molecule has 9 aromatic carbocycles. The Morgan fingerprint density at radius 2 is 0.782 bits per heavy atom. The lowest BCUT2D eigenvalue weighted by Gasteiger charge is -2.10. The summed E-state index contributed by atoms with van der Waals surface area (Å²) in [6.45, 7) is 0. The highest BCUT2D eigenvalue weighted by Crippen LogP contribution is 2.41. The maximum atomic E-state index is 6.68. The molecule has 2 aromatic heterocycles. The largest absolute Gasteiger partial charge is 0.456 e. The highest BCUT2D eigenvalue weighted by molar-refractivity contribution is 6.22. The van der Waals surface area contributed by atoms with E-state index in [1.54, 1.807) is 0 Å². The third-order valence-electron chi connectivity index (χ3n) is 10.7. The molecule has 0 spiro atoms. The molecule has 0 saturated carbocycles. The second kappa shape index (κ2) is 12.6. The van der Waals surface area contributed by atoms with Gasteiger partial charge in [-0.05, 0) is 91.0 Å². The molecule has 0 saturated heterocycles. The zero-order valence-corrected chi connectivity index (χ0v) is 29.6. The number of aromatic nitrogens is 3. The van der Waals surface area contributed by atoms with Crippen molar-refractivity contribution in [3.8, 4) is 56.4 Å². The smallest absolute Gasteiger partial charge is 0.164 e. The Labute approximate surface area is 317 Å². The van der Waals surface area contributed by atoms with E-state index in [-0.39, 0.29) is 0 Å². The minimum Gasteiger partial charge on any atom is -0.456 e. The molecule has 0 radical (unpaired) electrons. The van der Waals surface area contributed by atoms with Crippen LogP contribution in [-0.2, 0) is 0 Å². The predicted octanol–water partition coefficient (Wildman–Crippen LogP) is 13.6. The van der Waals surface area contributed by atoms with Gasteiger partial charge in [-0.3, -0.25) is 0 Å². The number of fused-ring (bicyclic) bond motifs is 7. The molecular weight excluding hydrogens is 671 g/mol. The summed E-state index contributed by atoms with van der Waals surface area (Å²) in [6.07, 6.45) is 0. The Morgan fingerprint density at radius 3 is 1.47 bits per heavy atom. The van der Waals surface area contributed by atoms with Gasteiger partial charge in [0.15, 0.2) is 17.5 Å². The number of benzene rings is 9. The zero-order chi connectivity index (χ0) is 36.3. The maximum absolute atomic E-state index is 6.68. The Bertz CT molecular complexity index is 3260. The summed E-state index contributed by atoms with van der Waals surface area (Å²) in [6, 6.07) is 65.8. The Kier molecular flexibility index (Phi) is 7.14. The van der Waals surface area contributed by atoms with Crippen LogP contribution >= 0.6 is 0 Å². The molecule has 0 atom stereocenters. The first kappa shape index (κ1) is 31.1. The van der Waals surface area contributed by atoms with Gasteiger partial charge < -0.3 is 4.42 Å². The molecule has 55 heavy (non-hydrogen) atoms. The molecule has 0 amide bonds. The average molecular weight is 702 g/mol. The van der Waals surface area contributed by atoms with E-state index in [0.717, 1.165) is 65.9 Å². The van der Waals surface area contributed by atoms with Gasteiger partial charge in [0.05, 0.1) is 0 Å². The number of hydrogen-bond acceptors (Lipinski definition) is 4. The van der Waals surface area contributed by atoms with Crippen molar-refractivity contribution in [2.45, 2.75) is 0 Å². The normalized spacial score (nSPS) is 11.6. The van der Waals surface area contributed by atoms with Crippen LogP contribution in [0.3, 0.4) is 0 Å². The molecule has 0 aliphatic rings. The van der Waals surface area contributed by atoms with E-state index in [9.17, 15) is 0 Å². The van der Waals surface area contributed by atoms with Crippen molar-refractivity contribution in [3.63, 3.8) is 0 Å². The van der Waals surface area contributed by atoms with Crippen LogP contribution in [0.1, 0.15) is 0 Å². The van der Waals surface area contributed by atoms with Gasteiger partial charge in [-0.25, -0.2) is 15.0 Å². The molecular formula is C51H31N3O. The fraction of sp³-hybridized carbons (Fsp3) is 0. The summed E-state index contributed by atoms with van der Waals surface area (Å²) in [5.41, 5.74) is 9.05. The number of hydrogen-bond donors (Lipinski definition) is 0. The quantitative estimate of drug-likeness (QED) is 0.179. The molecule has 0 aliphatic heterocycles. The predicted molar refractivity (Wildman–Crippen MR) is 227 cm³/mol. The van der Waals surface area contributed by atoms with Gasteiger partial charge in [-0.1, -0.05) is 152 Å². The number of furan rings is 1. The van der Waals surface area contributed by atoms with Crippen molar-refractivity contribution in [2.75, 3.05) is 0 Å². The number of nitrogens with zero attached hydrogens (tertiary/aromatic N) is 3. The van der Waals surface area contributed by atoms with Crippen LogP contribution in [0.15, 0.2) is 192 Å². The summed E-state index contributed by atoms with van der Waals surface area (Å²) >= 11 is 0. The van der Waals surface area contributed by atoms with Crippen molar-refractivity contribution in [3.05, 3.63) is 188 Å². The summed E-state index contributed by atoms with van der Waals surface area (Å²) in [7, 11) is 0. The van der Waals surface area contributed by atoms with Gasteiger partial charge in [0.2, 0.25) is 0 Å². The fourth-order valence-corrected chi connectivity index (χ4v) is 7.92. The molecule has 0 unspecified atom stereocenters. The average Bonchev–Trinajstić information content (AvgIpc) is 3.64. The Hall–Kier alpha value is -7.43. The number of rotatable bonds is 5. The fourth-order valence-electron chi connectivity index (χ4n) is 7.92. The van der Waals surface area contributed by atoms with Crippen LogP contribution in [0.5, 0.6) is 0 Å². The second-order valence-electron chi connectivity index (χ2n) is 14.0.